The molecule has 2 heterocycles. The average Bonchev–Trinajstić information content (AvgIpc) is 2.78. The fourth-order valence-electron chi connectivity index (χ4n) is 2.80. The minimum atomic E-state index is 0.541. The van der Waals surface area contributed by atoms with E-state index in [2.05, 4.69) is 52.6 Å². The van der Waals surface area contributed by atoms with Gasteiger partial charge in [-0.25, -0.2) is 0 Å². The second-order valence-corrected chi connectivity index (χ2v) is 4.57. The van der Waals surface area contributed by atoms with Crippen LogP contribution in [0.1, 0.15) is 6.42 Å². The summed E-state index contributed by atoms with van der Waals surface area (Å²) in [5.74, 6) is 0.609. The highest BCUT2D eigenvalue weighted by Gasteiger charge is 2.36. The van der Waals surface area contributed by atoms with Crippen LogP contribution in [0.3, 0.4) is 0 Å². The van der Waals surface area contributed by atoms with Crippen LogP contribution in [-0.4, -0.2) is 24.6 Å². The summed E-state index contributed by atoms with van der Waals surface area (Å²) in [5.41, 5.74) is 2.67. The molecular formula is C14H17N3. The van der Waals surface area contributed by atoms with E-state index in [1.54, 1.807) is 0 Å². The van der Waals surface area contributed by atoms with Crippen LogP contribution in [0.2, 0.25) is 0 Å². The Morgan fingerprint density at radius 3 is 2.94 bits per heavy atom. The van der Waals surface area contributed by atoms with Gasteiger partial charge in [-0.05, 0) is 31.7 Å². The Balaban J connectivity index is 1.96. The number of fused-ring (bicyclic) bond motifs is 1. The number of pyridine rings is 1. The highest BCUT2D eigenvalue weighted by atomic mass is 15.2. The van der Waals surface area contributed by atoms with Crippen molar-refractivity contribution in [1.29, 1.82) is 0 Å². The Bertz CT molecular complexity index is 450. The van der Waals surface area contributed by atoms with Crippen LogP contribution in [0, 0.1) is 5.92 Å². The summed E-state index contributed by atoms with van der Waals surface area (Å²) in [4.78, 5) is 6.48. The van der Waals surface area contributed by atoms with Crippen LogP contribution in [0.4, 0.5) is 5.69 Å². The third-order valence-corrected chi connectivity index (χ3v) is 3.69. The number of rotatable bonds is 2. The smallest absolute Gasteiger partial charge is 0.0439 e. The molecular weight excluding hydrogens is 210 g/mol. The van der Waals surface area contributed by atoms with Crippen LogP contribution in [0.5, 0.6) is 0 Å². The zero-order chi connectivity index (χ0) is 11.7. The third kappa shape index (κ3) is 1.76. The van der Waals surface area contributed by atoms with Gasteiger partial charge in [0, 0.05) is 42.3 Å². The summed E-state index contributed by atoms with van der Waals surface area (Å²) in [6, 6.07) is 4.70. The fourth-order valence-corrected chi connectivity index (χ4v) is 2.80. The molecule has 1 aromatic rings. The predicted octanol–water partition coefficient (Wildman–Crippen LogP) is 1.95. The number of hydrogen-bond acceptors (Lipinski definition) is 3. The lowest BCUT2D eigenvalue weighted by molar-refractivity contribution is 0.481. The lowest BCUT2D eigenvalue weighted by Gasteiger charge is -2.23. The largest absolute Gasteiger partial charge is 0.343 e. The normalized spacial score (nSPS) is 26.9. The van der Waals surface area contributed by atoms with Crippen molar-refractivity contribution in [1.82, 2.24) is 10.3 Å². The van der Waals surface area contributed by atoms with Crippen molar-refractivity contribution in [2.45, 2.75) is 12.5 Å². The first kappa shape index (κ1) is 10.5. The predicted molar refractivity (Wildman–Crippen MR) is 69.8 cm³/mol. The van der Waals surface area contributed by atoms with Gasteiger partial charge >= 0.3 is 0 Å². The summed E-state index contributed by atoms with van der Waals surface area (Å²) in [7, 11) is 2.05. The summed E-state index contributed by atoms with van der Waals surface area (Å²) in [6.45, 7) is 1.04. The van der Waals surface area contributed by atoms with Crippen molar-refractivity contribution < 1.29 is 0 Å². The molecule has 1 N–H and O–H groups in total. The number of hydrogen-bond donors (Lipinski definition) is 1. The number of nitrogens with one attached hydrogen (secondary N) is 1. The number of aromatic nitrogens is 1. The van der Waals surface area contributed by atoms with Gasteiger partial charge in [0.15, 0.2) is 0 Å². The first-order valence-electron chi connectivity index (χ1n) is 6.11. The Morgan fingerprint density at radius 2 is 2.18 bits per heavy atom. The van der Waals surface area contributed by atoms with Crippen molar-refractivity contribution in [2.75, 3.05) is 18.5 Å². The summed E-state index contributed by atoms with van der Waals surface area (Å²) in [5, 5.41) is 3.43. The number of likely N-dealkylation sites (N-methyl/N-ethyl adjacent to an activating group) is 1. The quantitative estimate of drug-likeness (QED) is 0.837. The van der Waals surface area contributed by atoms with E-state index in [1.807, 2.05) is 12.4 Å². The number of anilines is 1. The molecule has 17 heavy (non-hydrogen) atoms. The van der Waals surface area contributed by atoms with Gasteiger partial charge in [0.25, 0.3) is 0 Å². The first-order chi connectivity index (χ1) is 8.40. The topological polar surface area (TPSA) is 28.2 Å². The summed E-state index contributed by atoms with van der Waals surface area (Å²) < 4.78 is 0. The summed E-state index contributed by atoms with van der Waals surface area (Å²) in [6.07, 6.45) is 11.5. The van der Waals surface area contributed by atoms with Gasteiger partial charge in [-0.15, -0.1) is 0 Å². The van der Waals surface area contributed by atoms with E-state index in [9.17, 15) is 0 Å². The second-order valence-electron chi connectivity index (χ2n) is 4.57. The molecule has 3 rings (SSSR count). The Hall–Kier alpha value is -1.61. The molecule has 3 heteroatoms. The molecule has 1 aromatic heterocycles. The monoisotopic (exact) mass is 227 g/mol. The molecule has 88 valence electrons. The average molecular weight is 227 g/mol. The first-order valence-corrected chi connectivity index (χ1v) is 6.11. The van der Waals surface area contributed by atoms with Gasteiger partial charge in [-0.2, -0.15) is 0 Å². The van der Waals surface area contributed by atoms with Crippen molar-refractivity contribution >= 4 is 5.69 Å². The maximum atomic E-state index is 4.08. The van der Waals surface area contributed by atoms with E-state index in [0.717, 1.165) is 13.0 Å². The highest BCUT2D eigenvalue weighted by molar-refractivity contribution is 5.55. The van der Waals surface area contributed by atoms with Gasteiger partial charge in [-0.1, -0.05) is 12.2 Å². The minimum absolute atomic E-state index is 0.541. The van der Waals surface area contributed by atoms with Gasteiger partial charge < -0.3 is 10.2 Å². The van der Waals surface area contributed by atoms with Crippen molar-refractivity contribution in [3.63, 3.8) is 0 Å². The molecule has 2 unspecified atom stereocenters. The molecule has 1 aliphatic heterocycles. The van der Waals surface area contributed by atoms with Crippen molar-refractivity contribution in [3.8, 4) is 0 Å². The molecule has 0 bridgehead atoms. The summed E-state index contributed by atoms with van der Waals surface area (Å²) >= 11 is 0. The second kappa shape index (κ2) is 4.34. The molecule has 1 aliphatic carbocycles. The number of allylic oxidation sites excluding steroid dienone is 3. The van der Waals surface area contributed by atoms with Crippen LogP contribution >= 0.6 is 0 Å². The molecule has 0 aromatic carbocycles. The van der Waals surface area contributed by atoms with Crippen LogP contribution in [0.25, 0.3) is 0 Å². The molecule has 0 radical (unpaired) electrons. The van der Waals surface area contributed by atoms with Crippen molar-refractivity contribution in [2.24, 2.45) is 5.92 Å². The SMILES string of the molecule is CNC1CN(c2ccncc2)C2=CC=CCC21. The van der Waals surface area contributed by atoms with Crippen LogP contribution < -0.4 is 10.2 Å². The van der Waals surface area contributed by atoms with Gasteiger partial charge in [0.2, 0.25) is 0 Å². The lowest BCUT2D eigenvalue weighted by atomic mass is 9.93. The zero-order valence-electron chi connectivity index (χ0n) is 10.0. The van der Waals surface area contributed by atoms with Crippen molar-refractivity contribution in [3.05, 3.63) is 48.5 Å². The molecule has 1 saturated heterocycles. The third-order valence-electron chi connectivity index (χ3n) is 3.69. The standard InChI is InChI=1S/C14H17N3/c1-15-13-10-17(11-6-8-16-9-7-11)14-5-3-2-4-12(13)14/h2-3,5-9,12-13,15H,4,10H2,1H3. The Labute approximate surface area is 102 Å². The lowest BCUT2D eigenvalue weighted by Crippen LogP contribution is -2.33. The molecule has 2 aliphatic rings. The molecule has 0 amide bonds. The molecule has 1 fully saturated rings. The minimum Gasteiger partial charge on any atom is -0.343 e. The van der Waals surface area contributed by atoms with Crippen LogP contribution in [0.15, 0.2) is 48.5 Å². The molecule has 0 spiro atoms. The van der Waals surface area contributed by atoms with E-state index < -0.39 is 0 Å². The van der Waals surface area contributed by atoms with Gasteiger partial charge in [0.1, 0.15) is 0 Å². The molecule has 3 nitrogen and oxygen atoms in total. The highest BCUT2D eigenvalue weighted by Crippen LogP contribution is 2.36. The maximum absolute atomic E-state index is 4.08. The van der Waals surface area contributed by atoms with E-state index in [-0.39, 0.29) is 0 Å². The van der Waals surface area contributed by atoms with E-state index in [4.69, 9.17) is 0 Å². The molecule has 0 saturated carbocycles. The van der Waals surface area contributed by atoms with Gasteiger partial charge in [0.05, 0.1) is 0 Å². The Morgan fingerprint density at radius 1 is 1.35 bits per heavy atom. The van der Waals surface area contributed by atoms with E-state index in [1.165, 1.54) is 11.4 Å². The molecule has 2 atom stereocenters. The van der Waals surface area contributed by atoms with Crippen LogP contribution in [-0.2, 0) is 0 Å². The zero-order valence-corrected chi connectivity index (χ0v) is 10.0. The fraction of sp³-hybridized carbons (Fsp3) is 0.357. The van der Waals surface area contributed by atoms with E-state index >= 15 is 0 Å². The Kier molecular flexibility index (Phi) is 2.69. The number of nitrogens with zero attached hydrogens (tertiary/aromatic N) is 2. The maximum Gasteiger partial charge on any atom is 0.0439 e. The van der Waals surface area contributed by atoms with E-state index in [0.29, 0.717) is 12.0 Å². The van der Waals surface area contributed by atoms with Gasteiger partial charge in [-0.3, -0.25) is 4.98 Å².